The topological polar surface area (TPSA) is 75.5 Å². The summed E-state index contributed by atoms with van der Waals surface area (Å²) in [4.78, 5) is 21.1. The first-order valence-corrected chi connectivity index (χ1v) is 8.76. The highest BCUT2D eigenvalue weighted by atomic mass is 16.5. The number of amides is 1. The number of ether oxygens (including phenoxy) is 1. The molecule has 2 aromatic heterocycles. The number of anilines is 2. The van der Waals surface area contributed by atoms with Gasteiger partial charge < -0.3 is 19.9 Å². The van der Waals surface area contributed by atoms with Crippen molar-refractivity contribution in [2.75, 3.05) is 50.1 Å². The minimum atomic E-state index is -0.243. The molecule has 1 aliphatic rings. The second-order valence-corrected chi connectivity index (χ2v) is 6.65. The van der Waals surface area contributed by atoms with Crippen LogP contribution in [0.1, 0.15) is 11.4 Å². The van der Waals surface area contributed by atoms with Crippen molar-refractivity contribution in [2.24, 2.45) is 7.05 Å². The molecule has 0 unspecified atom stereocenters. The fourth-order valence-corrected chi connectivity index (χ4v) is 2.99. The number of carbonyl (C=O) groups excluding carboxylic acids is 1. The molecule has 0 saturated carbocycles. The minimum absolute atomic E-state index is 0.0741. The van der Waals surface area contributed by atoms with Crippen molar-refractivity contribution in [1.29, 1.82) is 0 Å². The number of likely N-dealkylation sites (N-methyl/N-ethyl adjacent to an activating group) is 1. The Kier molecular flexibility index (Phi) is 5.41. The van der Waals surface area contributed by atoms with Gasteiger partial charge in [0.15, 0.2) is 12.4 Å². The quantitative estimate of drug-likeness (QED) is 0.866. The number of rotatable bonds is 5. The number of aryl methyl sites for hydroxylation is 2. The highest BCUT2D eigenvalue weighted by molar-refractivity contribution is 5.91. The van der Waals surface area contributed by atoms with Crippen molar-refractivity contribution >= 4 is 17.4 Å². The predicted molar refractivity (Wildman–Crippen MR) is 101 cm³/mol. The maximum Gasteiger partial charge on any atom is 0.263 e. The number of piperazine rings is 1. The molecule has 3 rings (SSSR count). The molecule has 1 fully saturated rings. The van der Waals surface area contributed by atoms with Crippen LogP contribution >= 0.6 is 0 Å². The van der Waals surface area contributed by atoms with E-state index < -0.39 is 0 Å². The highest BCUT2D eigenvalue weighted by Gasteiger charge is 2.15. The van der Waals surface area contributed by atoms with Crippen LogP contribution in [0, 0.1) is 13.8 Å². The van der Waals surface area contributed by atoms with Crippen LogP contribution in [-0.4, -0.2) is 65.4 Å². The van der Waals surface area contributed by atoms with Gasteiger partial charge in [0.25, 0.3) is 5.91 Å². The lowest BCUT2D eigenvalue weighted by Crippen LogP contribution is -2.44. The van der Waals surface area contributed by atoms with Gasteiger partial charge in [-0.3, -0.25) is 9.48 Å². The largest absolute Gasteiger partial charge is 0.480 e. The van der Waals surface area contributed by atoms with E-state index in [0.29, 0.717) is 11.6 Å². The fraction of sp³-hybridized carbons (Fsp3) is 0.500. The number of hydrogen-bond donors (Lipinski definition) is 1. The summed E-state index contributed by atoms with van der Waals surface area (Å²) in [5.74, 6) is 0.935. The van der Waals surface area contributed by atoms with Gasteiger partial charge in [-0.15, -0.1) is 0 Å². The molecule has 8 heteroatoms. The van der Waals surface area contributed by atoms with Gasteiger partial charge in [0, 0.05) is 33.2 Å². The molecular weight excluding hydrogens is 332 g/mol. The molecular formula is C18H26N6O2. The van der Waals surface area contributed by atoms with E-state index in [4.69, 9.17) is 4.74 Å². The Morgan fingerprint density at radius 2 is 1.92 bits per heavy atom. The van der Waals surface area contributed by atoms with E-state index in [2.05, 4.69) is 32.2 Å². The lowest BCUT2D eigenvalue weighted by atomic mass is 10.3. The van der Waals surface area contributed by atoms with Crippen molar-refractivity contribution in [2.45, 2.75) is 13.8 Å². The Bertz CT molecular complexity index is 763. The fourth-order valence-electron chi connectivity index (χ4n) is 2.99. The van der Waals surface area contributed by atoms with Gasteiger partial charge >= 0.3 is 0 Å². The van der Waals surface area contributed by atoms with Crippen LogP contribution in [-0.2, 0) is 11.8 Å². The number of pyridine rings is 1. The first kappa shape index (κ1) is 18.2. The second kappa shape index (κ2) is 7.74. The lowest BCUT2D eigenvalue weighted by molar-refractivity contribution is -0.118. The molecule has 1 saturated heterocycles. The third-order valence-corrected chi connectivity index (χ3v) is 4.67. The summed E-state index contributed by atoms with van der Waals surface area (Å²) in [6.07, 6.45) is 1.80. The monoisotopic (exact) mass is 358 g/mol. The van der Waals surface area contributed by atoms with E-state index in [1.807, 2.05) is 33.0 Å². The highest BCUT2D eigenvalue weighted by Crippen LogP contribution is 2.21. The number of aromatic nitrogens is 3. The summed E-state index contributed by atoms with van der Waals surface area (Å²) in [5.41, 5.74) is 2.74. The third-order valence-electron chi connectivity index (χ3n) is 4.67. The molecule has 0 radical (unpaired) electrons. The van der Waals surface area contributed by atoms with Gasteiger partial charge in [-0.05, 0) is 33.0 Å². The van der Waals surface area contributed by atoms with E-state index in [0.717, 1.165) is 43.3 Å². The van der Waals surface area contributed by atoms with E-state index in [1.165, 1.54) is 0 Å². The van der Waals surface area contributed by atoms with E-state index in [1.54, 1.807) is 10.9 Å². The van der Waals surface area contributed by atoms with Crippen LogP contribution in [0.2, 0.25) is 0 Å². The zero-order valence-electron chi connectivity index (χ0n) is 15.8. The molecule has 0 bridgehead atoms. The van der Waals surface area contributed by atoms with Crippen molar-refractivity contribution in [3.8, 4) is 5.75 Å². The normalized spacial score (nSPS) is 15.2. The molecule has 8 nitrogen and oxygen atoms in total. The summed E-state index contributed by atoms with van der Waals surface area (Å²) in [5, 5.41) is 7.04. The van der Waals surface area contributed by atoms with Crippen molar-refractivity contribution in [3.63, 3.8) is 0 Å². The first-order valence-electron chi connectivity index (χ1n) is 8.76. The molecule has 2 aromatic rings. The third kappa shape index (κ3) is 4.13. The van der Waals surface area contributed by atoms with Gasteiger partial charge in [-0.1, -0.05) is 0 Å². The predicted octanol–water partition coefficient (Wildman–Crippen LogP) is 1.20. The molecule has 0 aromatic carbocycles. The van der Waals surface area contributed by atoms with Crippen LogP contribution in [0.25, 0.3) is 0 Å². The first-order chi connectivity index (χ1) is 12.4. The van der Waals surface area contributed by atoms with Crippen LogP contribution in [0.3, 0.4) is 0 Å². The van der Waals surface area contributed by atoms with E-state index in [9.17, 15) is 4.79 Å². The van der Waals surface area contributed by atoms with E-state index in [-0.39, 0.29) is 12.5 Å². The zero-order valence-corrected chi connectivity index (χ0v) is 15.8. The summed E-state index contributed by atoms with van der Waals surface area (Å²) in [6.45, 7) is 7.76. The minimum Gasteiger partial charge on any atom is -0.480 e. The van der Waals surface area contributed by atoms with Crippen LogP contribution < -0.4 is 15.0 Å². The number of hydrogen-bond acceptors (Lipinski definition) is 6. The number of nitrogens with zero attached hydrogens (tertiary/aromatic N) is 5. The molecule has 1 N–H and O–H groups in total. The molecule has 140 valence electrons. The zero-order chi connectivity index (χ0) is 18.7. The van der Waals surface area contributed by atoms with Crippen LogP contribution in [0.15, 0.2) is 18.3 Å². The Morgan fingerprint density at radius 3 is 2.50 bits per heavy atom. The number of carbonyl (C=O) groups is 1. The average molecular weight is 358 g/mol. The van der Waals surface area contributed by atoms with Gasteiger partial charge in [0.1, 0.15) is 11.5 Å². The molecule has 3 heterocycles. The summed E-state index contributed by atoms with van der Waals surface area (Å²) < 4.78 is 7.35. The van der Waals surface area contributed by atoms with Gasteiger partial charge in [0.2, 0.25) is 0 Å². The maximum atomic E-state index is 12.1. The smallest absolute Gasteiger partial charge is 0.263 e. The van der Waals surface area contributed by atoms with Crippen LogP contribution in [0.4, 0.5) is 11.5 Å². The summed E-state index contributed by atoms with van der Waals surface area (Å²) >= 11 is 0. The molecule has 1 aliphatic heterocycles. The van der Waals surface area contributed by atoms with Gasteiger partial charge in [-0.25, -0.2) is 4.98 Å². The Morgan fingerprint density at radius 1 is 1.19 bits per heavy atom. The van der Waals surface area contributed by atoms with Gasteiger partial charge in [-0.2, -0.15) is 5.10 Å². The Hall–Kier alpha value is -2.61. The molecule has 0 atom stereocenters. The molecule has 1 amide bonds. The van der Waals surface area contributed by atoms with Crippen molar-refractivity contribution in [3.05, 3.63) is 29.7 Å². The number of nitrogens with one attached hydrogen (secondary N) is 1. The Balaban J connectivity index is 1.53. The average Bonchev–Trinajstić information content (AvgIpc) is 2.87. The Labute approximate surface area is 153 Å². The molecule has 26 heavy (non-hydrogen) atoms. The van der Waals surface area contributed by atoms with E-state index >= 15 is 0 Å². The van der Waals surface area contributed by atoms with Gasteiger partial charge in [0.05, 0.1) is 17.6 Å². The van der Waals surface area contributed by atoms with Crippen molar-refractivity contribution < 1.29 is 9.53 Å². The lowest BCUT2D eigenvalue weighted by Gasteiger charge is -2.33. The summed E-state index contributed by atoms with van der Waals surface area (Å²) in [6, 6.07) is 3.82. The van der Waals surface area contributed by atoms with Crippen LogP contribution in [0.5, 0.6) is 5.75 Å². The maximum absolute atomic E-state index is 12.1. The van der Waals surface area contributed by atoms with Crippen molar-refractivity contribution in [1.82, 2.24) is 19.7 Å². The second-order valence-electron chi connectivity index (χ2n) is 6.65. The standard InChI is InChI=1S/C18H26N6O2/c1-13-18(14(2)23(4)21-13)26-12-17(25)20-16-6-5-15(11-19-16)24-9-7-22(3)8-10-24/h5-6,11H,7-10,12H2,1-4H3,(H,19,20,25). The summed E-state index contributed by atoms with van der Waals surface area (Å²) in [7, 11) is 3.98. The molecule has 0 spiro atoms. The SMILES string of the molecule is Cc1nn(C)c(C)c1OCC(=O)Nc1ccc(N2CCN(C)CC2)cn1. The molecule has 0 aliphatic carbocycles.